The number of aromatic nitrogens is 2. The first-order valence-corrected chi connectivity index (χ1v) is 4.18. The maximum atomic E-state index is 11.3. The van der Waals surface area contributed by atoms with Gasteiger partial charge in [0.15, 0.2) is 0 Å². The molecule has 0 aliphatic carbocycles. The summed E-state index contributed by atoms with van der Waals surface area (Å²) in [6.45, 7) is 3.50. The van der Waals surface area contributed by atoms with E-state index in [1.807, 2.05) is 0 Å². The Morgan fingerprint density at radius 1 is 1.64 bits per heavy atom. The van der Waals surface area contributed by atoms with Crippen LogP contribution in [0.4, 0.5) is 5.95 Å². The molecule has 1 amide bonds. The fraction of sp³-hybridized carbons (Fsp3) is 0.222. The number of carbonyl (C=O) groups excluding carboxylic acids is 1. The third-order valence-electron chi connectivity index (χ3n) is 1.56. The first kappa shape index (κ1) is 10.3. The third kappa shape index (κ3) is 2.95. The highest BCUT2D eigenvalue weighted by Crippen LogP contribution is 1.97. The van der Waals surface area contributed by atoms with Crippen LogP contribution in [-0.2, 0) is 4.79 Å². The van der Waals surface area contributed by atoms with Gasteiger partial charge in [-0.1, -0.05) is 6.08 Å². The van der Waals surface area contributed by atoms with Gasteiger partial charge < -0.3 is 5.73 Å². The van der Waals surface area contributed by atoms with E-state index in [0.717, 1.165) is 0 Å². The van der Waals surface area contributed by atoms with Crippen LogP contribution in [-0.4, -0.2) is 21.9 Å². The van der Waals surface area contributed by atoms with E-state index >= 15 is 0 Å². The van der Waals surface area contributed by atoms with Crippen LogP contribution in [0.3, 0.4) is 0 Å². The van der Waals surface area contributed by atoms with Gasteiger partial charge in [-0.05, 0) is 12.5 Å². The second kappa shape index (κ2) is 5.08. The number of hydrogen-bond acceptors (Lipinski definition) is 4. The molecular formula is C9H12N4O. The van der Waals surface area contributed by atoms with Gasteiger partial charge in [-0.15, -0.1) is 6.58 Å². The molecule has 5 heteroatoms. The molecule has 1 unspecified atom stereocenters. The number of nitrogens with two attached hydrogens (primary N) is 1. The molecule has 1 aromatic heterocycles. The van der Waals surface area contributed by atoms with Crippen LogP contribution >= 0.6 is 0 Å². The van der Waals surface area contributed by atoms with Crippen LogP contribution in [0.5, 0.6) is 0 Å². The van der Waals surface area contributed by atoms with Gasteiger partial charge in [-0.3, -0.25) is 10.1 Å². The monoisotopic (exact) mass is 192 g/mol. The predicted octanol–water partition coefficient (Wildman–Crippen LogP) is 0.318. The van der Waals surface area contributed by atoms with Crippen molar-refractivity contribution < 1.29 is 4.79 Å². The summed E-state index contributed by atoms with van der Waals surface area (Å²) in [5.74, 6) is -0.0480. The Balaban J connectivity index is 2.53. The number of hydrogen-bond donors (Lipinski definition) is 2. The maximum absolute atomic E-state index is 11.3. The Morgan fingerprint density at radius 2 is 2.29 bits per heavy atom. The molecule has 0 bridgehead atoms. The summed E-state index contributed by atoms with van der Waals surface area (Å²) in [5, 5.41) is 2.49. The lowest BCUT2D eigenvalue weighted by molar-refractivity contribution is -0.117. The number of amides is 1. The molecule has 14 heavy (non-hydrogen) atoms. The van der Waals surface area contributed by atoms with Crippen molar-refractivity contribution in [3.8, 4) is 0 Å². The van der Waals surface area contributed by atoms with Gasteiger partial charge in [0, 0.05) is 12.4 Å². The molecular weight excluding hydrogens is 180 g/mol. The average Bonchev–Trinajstić information content (AvgIpc) is 2.19. The number of rotatable bonds is 4. The Bertz CT molecular complexity index is 312. The van der Waals surface area contributed by atoms with E-state index in [1.54, 1.807) is 24.5 Å². The van der Waals surface area contributed by atoms with E-state index < -0.39 is 6.04 Å². The first-order valence-electron chi connectivity index (χ1n) is 4.18. The molecule has 0 aromatic carbocycles. The quantitative estimate of drug-likeness (QED) is 0.673. The Morgan fingerprint density at radius 3 is 2.86 bits per heavy atom. The molecule has 1 rings (SSSR count). The van der Waals surface area contributed by atoms with Crippen molar-refractivity contribution in [1.82, 2.24) is 9.97 Å². The fourth-order valence-electron chi connectivity index (χ4n) is 0.853. The van der Waals surface area contributed by atoms with Crippen molar-refractivity contribution >= 4 is 11.9 Å². The molecule has 0 aliphatic heterocycles. The molecule has 5 nitrogen and oxygen atoms in total. The number of anilines is 1. The number of carbonyl (C=O) groups is 1. The molecule has 0 aliphatic rings. The second-order valence-corrected chi connectivity index (χ2v) is 2.69. The number of nitrogens with one attached hydrogen (secondary N) is 1. The Kier molecular flexibility index (Phi) is 3.75. The second-order valence-electron chi connectivity index (χ2n) is 2.69. The minimum Gasteiger partial charge on any atom is -0.320 e. The molecule has 3 N–H and O–H groups in total. The highest BCUT2D eigenvalue weighted by Gasteiger charge is 2.12. The molecule has 0 radical (unpaired) electrons. The van der Waals surface area contributed by atoms with Crippen molar-refractivity contribution in [3.63, 3.8) is 0 Å². The highest BCUT2D eigenvalue weighted by molar-refractivity contribution is 5.93. The normalized spacial score (nSPS) is 11.8. The zero-order valence-electron chi connectivity index (χ0n) is 7.68. The van der Waals surface area contributed by atoms with E-state index in [9.17, 15) is 4.79 Å². The lowest BCUT2D eigenvalue weighted by atomic mass is 10.2. The summed E-state index contributed by atoms with van der Waals surface area (Å²) in [6, 6.07) is 1.07. The number of nitrogens with zero attached hydrogens (tertiary/aromatic N) is 2. The summed E-state index contributed by atoms with van der Waals surface area (Å²) in [5.41, 5.74) is 5.54. The van der Waals surface area contributed by atoms with Crippen LogP contribution in [0.2, 0.25) is 0 Å². The fourth-order valence-corrected chi connectivity index (χ4v) is 0.853. The van der Waals surface area contributed by atoms with Crippen LogP contribution in [0.1, 0.15) is 6.42 Å². The minimum absolute atomic E-state index is 0.261. The van der Waals surface area contributed by atoms with Crippen molar-refractivity contribution in [2.24, 2.45) is 5.73 Å². The van der Waals surface area contributed by atoms with Crippen LogP contribution < -0.4 is 11.1 Å². The molecule has 0 fully saturated rings. The molecule has 0 saturated carbocycles. The van der Waals surface area contributed by atoms with Gasteiger partial charge in [0.05, 0.1) is 6.04 Å². The summed E-state index contributed by atoms with van der Waals surface area (Å²) in [4.78, 5) is 19.0. The summed E-state index contributed by atoms with van der Waals surface area (Å²) in [6.07, 6.45) is 5.11. The van der Waals surface area contributed by atoms with Gasteiger partial charge >= 0.3 is 0 Å². The Labute approximate surface area is 82.1 Å². The van der Waals surface area contributed by atoms with Crippen LogP contribution in [0.25, 0.3) is 0 Å². The van der Waals surface area contributed by atoms with Crippen molar-refractivity contribution in [2.45, 2.75) is 12.5 Å². The van der Waals surface area contributed by atoms with Crippen molar-refractivity contribution in [2.75, 3.05) is 5.32 Å². The van der Waals surface area contributed by atoms with Crippen molar-refractivity contribution in [1.29, 1.82) is 0 Å². The molecule has 1 heterocycles. The lowest BCUT2D eigenvalue weighted by Gasteiger charge is -2.07. The van der Waals surface area contributed by atoms with E-state index in [4.69, 9.17) is 5.73 Å². The first-order chi connectivity index (χ1) is 6.74. The summed E-state index contributed by atoms with van der Waals surface area (Å²) in [7, 11) is 0. The topological polar surface area (TPSA) is 80.9 Å². The lowest BCUT2D eigenvalue weighted by Crippen LogP contribution is -2.35. The van der Waals surface area contributed by atoms with E-state index in [1.165, 1.54) is 0 Å². The van der Waals surface area contributed by atoms with E-state index in [-0.39, 0.29) is 11.9 Å². The van der Waals surface area contributed by atoms with E-state index in [2.05, 4.69) is 21.9 Å². The maximum Gasteiger partial charge on any atom is 0.243 e. The van der Waals surface area contributed by atoms with E-state index in [0.29, 0.717) is 6.42 Å². The van der Waals surface area contributed by atoms with Gasteiger partial charge in [-0.2, -0.15) is 0 Å². The molecule has 1 atom stereocenters. The van der Waals surface area contributed by atoms with Crippen LogP contribution in [0, 0.1) is 0 Å². The molecule has 74 valence electrons. The van der Waals surface area contributed by atoms with Gasteiger partial charge in [0.25, 0.3) is 0 Å². The minimum atomic E-state index is -0.601. The van der Waals surface area contributed by atoms with Gasteiger partial charge in [0.1, 0.15) is 0 Å². The largest absolute Gasteiger partial charge is 0.320 e. The standard InChI is InChI=1S/C9H12N4O/c1-2-4-7(10)8(14)13-9-11-5-3-6-12-9/h2-3,5-7H,1,4,10H2,(H,11,12,13,14). The molecule has 0 spiro atoms. The average molecular weight is 192 g/mol. The zero-order chi connectivity index (χ0) is 10.4. The van der Waals surface area contributed by atoms with Crippen molar-refractivity contribution in [3.05, 3.63) is 31.1 Å². The molecule has 1 aromatic rings. The zero-order valence-corrected chi connectivity index (χ0v) is 7.68. The van der Waals surface area contributed by atoms with Crippen LogP contribution in [0.15, 0.2) is 31.1 Å². The van der Waals surface area contributed by atoms with Gasteiger partial charge in [0.2, 0.25) is 11.9 Å². The van der Waals surface area contributed by atoms with Gasteiger partial charge in [-0.25, -0.2) is 9.97 Å². The Hall–Kier alpha value is -1.75. The highest BCUT2D eigenvalue weighted by atomic mass is 16.2. The molecule has 0 saturated heterocycles. The summed E-state index contributed by atoms with van der Waals surface area (Å²) < 4.78 is 0. The SMILES string of the molecule is C=CCC(N)C(=O)Nc1ncccn1. The third-order valence-corrected chi connectivity index (χ3v) is 1.56. The smallest absolute Gasteiger partial charge is 0.243 e. The summed E-state index contributed by atoms with van der Waals surface area (Å²) >= 11 is 0. The predicted molar refractivity (Wildman–Crippen MR) is 53.5 cm³/mol.